The van der Waals surface area contributed by atoms with Gasteiger partial charge in [0.15, 0.2) is 0 Å². The van der Waals surface area contributed by atoms with Crippen LogP contribution in [0, 0.1) is 5.92 Å². The number of hydrogen-bond acceptors (Lipinski definition) is 3. The molecule has 0 aromatic heterocycles. The van der Waals surface area contributed by atoms with Crippen molar-refractivity contribution in [1.29, 1.82) is 0 Å². The van der Waals surface area contributed by atoms with Crippen LogP contribution in [0.4, 0.5) is 4.79 Å². The Bertz CT molecular complexity index is 483. The lowest BCUT2D eigenvalue weighted by Gasteiger charge is -2.20. The average Bonchev–Trinajstić information content (AvgIpc) is 2.81. The second kappa shape index (κ2) is 5.69. The average molecular weight is 259 g/mol. The first-order valence-electron chi connectivity index (χ1n) is 6.29. The van der Waals surface area contributed by atoms with Gasteiger partial charge in [0.1, 0.15) is 12.6 Å². The Morgan fingerprint density at radius 2 is 2.21 bits per heavy atom. The number of ether oxygens (including phenoxy) is 1. The van der Waals surface area contributed by atoms with Crippen molar-refractivity contribution in [1.82, 2.24) is 4.90 Å². The highest BCUT2D eigenvalue weighted by molar-refractivity contribution is 5.93. The van der Waals surface area contributed by atoms with E-state index in [1.54, 1.807) is 6.08 Å². The van der Waals surface area contributed by atoms with Gasteiger partial charge in [0.05, 0.1) is 0 Å². The molecule has 0 spiro atoms. The summed E-state index contributed by atoms with van der Waals surface area (Å²) in [5.41, 5.74) is 0.910. The summed E-state index contributed by atoms with van der Waals surface area (Å²) in [6.07, 6.45) is 1.41. The van der Waals surface area contributed by atoms with E-state index in [4.69, 9.17) is 4.74 Å². The number of carbonyl (C=O) groups excluding carboxylic acids is 2. The highest BCUT2D eigenvalue weighted by atomic mass is 16.6. The van der Waals surface area contributed by atoms with Gasteiger partial charge in [0.25, 0.3) is 0 Å². The van der Waals surface area contributed by atoms with Gasteiger partial charge >= 0.3 is 6.09 Å². The standard InChI is InChI=1S/C15H17NO3/c1-3-11(2)9-14(17)16-13(10-19-15(16)18)12-7-5-4-6-8-12/h3-8,11,13H,1,9-10H2,2H3/t11?,13-/m1/s1. The van der Waals surface area contributed by atoms with Crippen molar-refractivity contribution < 1.29 is 14.3 Å². The number of rotatable bonds is 4. The molecule has 100 valence electrons. The molecule has 1 heterocycles. The molecule has 0 bridgehead atoms. The number of allylic oxidation sites excluding steroid dienone is 1. The minimum absolute atomic E-state index is 0.0392. The molecule has 1 aromatic carbocycles. The maximum Gasteiger partial charge on any atom is 0.417 e. The monoisotopic (exact) mass is 259 g/mol. The van der Waals surface area contributed by atoms with Crippen LogP contribution in [0.2, 0.25) is 0 Å². The molecule has 1 saturated heterocycles. The van der Waals surface area contributed by atoms with Crippen LogP contribution in [0.25, 0.3) is 0 Å². The van der Waals surface area contributed by atoms with Crippen molar-refractivity contribution in [3.8, 4) is 0 Å². The van der Waals surface area contributed by atoms with Gasteiger partial charge in [-0.3, -0.25) is 4.79 Å². The van der Waals surface area contributed by atoms with Crippen LogP contribution in [0.3, 0.4) is 0 Å². The summed E-state index contributed by atoms with van der Waals surface area (Å²) in [6, 6.07) is 9.12. The summed E-state index contributed by atoms with van der Waals surface area (Å²) in [6.45, 7) is 5.76. The Kier molecular flexibility index (Phi) is 4.00. The van der Waals surface area contributed by atoms with Gasteiger partial charge < -0.3 is 4.74 Å². The second-order valence-electron chi connectivity index (χ2n) is 4.68. The van der Waals surface area contributed by atoms with E-state index < -0.39 is 6.09 Å². The number of hydrogen-bond donors (Lipinski definition) is 0. The topological polar surface area (TPSA) is 46.6 Å². The van der Waals surface area contributed by atoms with E-state index in [0.29, 0.717) is 0 Å². The first kappa shape index (κ1) is 13.3. The van der Waals surface area contributed by atoms with Gasteiger partial charge in [-0.05, 0) is 11.5 Å². The molecule has 1 aromatic rings. The van der Waals surface area contributed by atoms with E-state index in [-0.39, 0.29) is 30.9 Å². The molecular weight excluding hydrogens is 242 g/mol. The Hall–Kier alpha value is -2.10. The van der Waals surface area contributed by atoms with Gasteiger partial charge in [0.2, 0.25) is 5.91 Å². The largest absolute Gasteiger partial charge is 0.446 e. The number of cyclic esters (lactones) is 1. The van der Waals surface area contributed by atoms with E-state index in [9.17, 15) is 9.59 Å². The Balaban J connectivity index is 2.18. The minimum atomic E-state index is -0.560. The Morgan fingerprint density at radius 3 is 2.84 bits per heavy atom. The maximum absolute atomic E-state index is 12.2. The van der Waals surface area contributed by atoms with Crippen LogP contribution < -0.4 is 0 Å². The van der Waals surface area contributed by atoms with E-state index >= 15 is 0 Å². The van der Waals surface area contributed by atoms with Crippen LogP contribution in [-0.4, -0.2) is 23.5 Å². The fraction of sp³-hybridized carbons (Fsp3) is 0.333. The number of imide groups is 1. The molecule has 1 unspecified atom stereocenters. The van der Waals surface area contributed by atoms with Crippen molar-refractivity contribution in [2.24, 2.45) is 5.92 Å². The molecule has 2 amide bonds. The molecule has 2 rings (SSSR count). The van der Waals surface area contributed by atoms with Gasteiger partial charge in [-0.25, -0.2) is 9.69 Å². The maximum atomic E-state index is 12.2. The summed E-state index contributed by atoms with van der Waals surface area (Å²) >= 11 is 0. The molecule has 0 saturated carbocycles. The van der Waals surface area contributed by atoms with Gasteiger partial charge in [0, 0.05) is 6.42 Å². The Labute approximate surface area is 112 Å². The molecule has 0 radical (unpaired) electrons. The van der Waals surface area contributed by atoms with E-state index in [1.165, 1.54) is 4.90 Å². The van der Waals surface area contributed by atoms with Crippen molar-refractivity contribution in [3.05, 3.63) is 48.6 Å². The van der Waals surface area contributed by atoms with Crippen molar-refractivity contribution in [2.45, 2.75) is 19.4 Å². The molecule has 2 atom stereocenters. The first-order valence-corrected chi connectivity index (χ1v) is 6.29. The van der Waals surface area contributed by atoms with Gasteiger partial charge in [-0.15, -0.1) is 6.58 Å². The SMILES string of the molecule is C=CC(C)CC(=O)N1C(=O)OC[C@@H]1c1ccccc1. The lowest BCUT2D eigenvalue weighted by Crippen LogP contribution is -2.34. The quantitative estimate of drug-likeness (QED) is 0.781. The number of nitrogens with zero attached hydrogens (tertiary/aromatic N) is 1. The fourth-order valence-electron chi connectivity index (χ4n) is 2.07. The van der Waals surface area contributed by atoms with E-state index in [1.807, 2.05) is 37.3 Å². The molecule has 1 fully saturated rings. The lowest BCUT2D eigenvalue weighted by molar-refractivity contribution is -0.129. The zero-order chi connectivity index (χ0) is 13.8. The molecule has 19 heavy (non-hydrogen) atoms. The molecule has 1 aliphatic heterocycles. The molecule has 1 aliphatic rings. The fourth-order valence-corrected chi connectivity index (χ4v) is 2.07. The van der Waals surface area contributed by atoms with Crippen molar-refractivity contribution in [2.75, 3.05) is 6.61 Å². The van der Waals surface area contributed by atoms with Crippen LogP contribution >= 0.6 is 0 Å². The lowest BCUT2D eigenvalue weighted by atomic mass is 10.0. The number of carbonyl (C=O) groups is 2. The zero-order valence-corrected chi connectivity index (χ0v) is 10.9. The second-order valence-corrected chi connectivity index (χ2v) is 4.68. The third-order valence-electron chi connectivity index (χ3n) is 3.23. The molecule has 4 heteroatoms. The predicted octanol–water partition coefficient (Wildman–Crippen LogP) is 2.92. The summed E-state index contributed by atoms with van der Waals surface area (Å²) in [4.78, 5) is 25.1. The summed E-state index contributed by atoms with van der Waals surface area (Å²) < 4.78 is 5.01. The number of benzene rings is 1. The summed E-state index contributed by atoms with van der Waals surface area (Å²) in [5.74, 6) is -0.180. The number of amides is 2. The highest BCUT2D eigenvalue weighted by Gasteiger charge is 2.38. The van der Waals surface area contributed by atoms with Crippen LogP contribution in [0.15, 0.2) is 43.0 Å². The van der Waals surface area contributed by atoms with Crippen molar-refractivity contribution >= 4 is 12.0 Å². The predicted molar refractivity (Wildman–Crippen MR) is 71.4 cm³/mol. The zero-order valence-electron chi connectivity index (χ0n) is 10.9. The normalized spacial score (nSPS) is 19.9. The van der Waals surface area contributed by atoms with E-state index in [2.05, 4.69) is 6.58 Å². The first-order chi connectivity index (χ1) is 9.13. The molecule has 4 nitrogen and oxygen atoms in total. The molecule has 0 aliphatic carbocycles. The Morgan fingerprint density at radius 1 is 1.53 bits per heavy atom. The van der Waals surface area contributed by atoms with Gasteiger partial charge in [-0.2, -0.15) is 0 Å². The highest BCUT2D eigenvalue weighted by Crippen LogP contribution is 2.28. The summed E-state index contributed by atoms with van der Waals surface area (Å²) in [7, 11) is 0. The van der Waals surface area contributed by atoms with Crippen LogP contribution in [0.1, 0.15) is 24.9 Å². The van der Waals surface area contributed by atoms with Crippen LogP contribution in [-0.2, 0) is 9.53 Å². The van der Waals surface area contributed by atoms with Gasteiger partial charge in [-0.1, -0.05) is 43.3 Å². The third kappa shape index (κ3) is 2.84. The molecule has 0 N–H and O–H groups in total. The van der Waals surface area contributed by atoms with Crippen LogP contribution in [0.5, 0.6) is 0 Å². The van der Waals surface area contributed by atoms with Crippen molar-refractivity contribution in [3.63, 3.8) is 0 Å². The third-order valence-corrected chi connectivity index (χ3v) is 3.23. The van der Waals surface area contributed by atoms with E-state index in [0.717, 1.165) is 5.56 Å². The smallest absolute Gasteiger partial charge is 0.417 e. The molecular formula is C15H17NO3. The minimum Gasteiger partial charge on any atom is -0.446 e. The summed E-state index contributed by atoms with van der Waals surface area (Å²) in [5, 5.41) is 0.